The standard InChI is InChI=1S/C17H14N6/c1-17(4-5-17)23-16-13-3-6-19-10-14(13)21-15(22-16)11-2-7-20-12(8-11)9-18/h2-3,6-8,10H,4-5H2,1H3,(H,21,22,23). The number of aromatic nitrogens is 4. The van der Waals surface area contributed by atoms with Crippen molar-refractivity contribution >= 4 is 16.7 Å². The first kappa shape index (κ1) is 13.6. The molecule has 1 aliphatic carbocycles. The zero-order valence-corrected chi connectivity index (χ0v) is 12.6. The molecule has 1 saturated carbocycles. The van der Waals surface area contributed by atoms with Crippen LogP contribution in [0.4, 0.5) is 5.82 Å². The molecule has 1 aliphatic rings. The molecule has 0 atom stereocenters. The van der Waals surface area contributed by atoms with E-state index in [-0.39, 0.29) is 5.54 Å². The number of hydrogen-bond acceptors (Lipinski definition) is 6. The molecule has 0 bridgehead atoms. The maximum absolute atomic E-state index is 9.02. The molecule has 6 heteroatoms. The molecule has 0 aromatic carbocycles. The Hall–Kier alpha value is -3.07. The topological polar surface area (TPSA) is 87.4 Å². The first-order chi connectivity index (χ1) is 11.2. The fourth-order valence-electron chi connectivity index (χ4n) is 2.43. The lowest BCUT2D eigenvalue weighted by Gasteiger charge is -2.15. The zero-order chi connectivity index (χ0) is 15.9. The molecule has 0 saturated heterocycles. The van der Waals surface area contributed by atoms with Crippen LogP contribution in [0.1, 0.15) is 25.5 Å². The largest absolute Gasteiger partial charge is 0.364 e. The Morgan fingerprint density at radius 2 is 2.09 bits per heavy atom. The summed E-state index contributed by atoms with van der Waals surface area (Å²) in [4.78, 5) is 17.4. The average Bonchev–Trinajstić information content (AvgIpc) is 3.32. The number of pyridine rings is 2. The Morgan fingerprint density at radius 3 is 2.87 bits per heavy atom. The van der Waals surface area contributed by atoms with Crippen molar-refractivity contribution in [3.05, 3.63) is 42.5 Å². The van der Waals surface area contributed by atoms with Gasteiger partial charge in [0.2, 0.25) is 0 Å². The Bertz CT molecular complexity index is 939. The van der Waals surface area contributed by atoms with E-state index >= 15 is 0 Å². The minimum atomic E-state index is 0.109. The van der Waals surface area contributed by atoms with Crippen molar-refractivity contribution in [2.24, 2.45) is 0 Å². The second-order valence-corrected chi connectivity index (χ2v) is 6.02. The van der Waals surface area contributed by atoms with Crippen LogP contribution >= 0.6 is 0 Å². The molecule has 0 radical (unpaired) electrons. The molecular weight excluding hydrogens is 288 g/mol. The molecule has 0 spiro atoms. The second kappa shape index (κ2) is 4.99. The normalized spacial score (nSPS) is 15.1. The maximum Gasteiger partial charge on any atom is 0.162 e. The molecule has 1 fully saturated rings. The van der Waals surface area contributed by atoms with Gasteiger partial charge in [0.25, 0.3) is 0 Å². The van der Waals surface area contributed by atoms with Crippen LogP contribution in [0, 0.1) is 11.3 Å². The lowest BCUT2D eigenvalue weighted by atomic mass is 10.2. The minimum Gasteiger partial charge on any atom is -0.364 e. The van der Waals surface area contributed by atoms with Crippen molar-refractivity contribution < 1.29 is 0 Å². The number of nitrogens with zero attached hydrogens (tertiary/aromatic N) is 5. The first-order valence-electron chi connectivity index (χ1n) is 7.43. The van der Waals surface area contributed by atoms with Crippen LogP contribution in [0.3, 0.4) is 0 Å². The third-order valence-electron chi connectivity index (χ3n) is 4.05. The highest BCUT2D eigenvalue weighted by Gasteiger charge is 2.37. The van der Waals surface area contributed by atoms with Crippen molar-refractivity contribution in [3.63, 3.8) is 0 Å². The van der Waals surface area contributed by atoms with Crippen LogP contribution in [0.2, 0.25) is 0 Å². The SMILES string of the molecule is CC1(Nc2nc(-c3ccnc(C#N)c3)nc3cnccc23)CC1. The Kier molecular flexibility index (Phi) is 2.95. The third-order valence-corrected chi connectivity index (χ3v) is 4.05. The Morgan fingerprint density at radius 1 is 1.22 bits per heavy atom. The summed E-state index contributed by atoms with van der Waals surface area (Å²) in [6, 6.07) is 7.46. The lowest BCUT2D eigenvalue weighted by Crippen LogP contribution is -2.17. The van der Waals surface area contributed by atoms with Crippen LogP contribution < -0.4 is 5.32 Å². The Balaban J connectivity index is 1.88. The van der Waals surface area contributed by atoms with E-state index in [1.807, 2.05) is 12.1 Å². The van der Waals surface area contributed by atoms with Crippen LogP contribution in [-0.4, -0.2) is 25.5 Å². The van der Waals surface area contributed by atoms with Crippen LogP contribution in [0.5, 0.6) is 0 Å². The summed E-state index contributed by atoms with van der Waals surface area (Å²) in [5, 5.41) is 13.5. The molecule has 3 heterocycles. The molecule has 6 nitrogen and oxygen atoms in total. The number of fused-ring (bicyclic) bond motifs is 1. The van der Waals surface area contributed by atoms with E-state index in [0.29, 0.717) is 11.5 Å². The maximum atomic E-state index is 9.02. The van der Waals surface area contributed by atoms with Gasteiger partial charge in [-0.05, 0) is 38.0 Å². The van der Waals surface area contributed by atoms with Gasteiger partial charge in [0.05, 0.1) is 11.7 Å². The molecule has 0 aliphatic heterocycles. The highest BCUT2D eigenvalue weighted by atomic mass is 15.1. The van der Waals surface area contributed by atoms with Crippen molar-refractivity contribution in [1.82, 2.24) is 19.9 Å². The van der Waals surface area contributed by atoms with E-state index in [0.717, 1.165) is 35.1 Å². The van der Waals surface area contributed by atoms with Crippen LogP contribution in [0.15, 0.2) is 36.8 Å². The monoisotopic (exact) mass is 302 g/mol. The molecule has 0 amide bonds. The smallest absolute Gasteiger partial charge is 0.162 e. The average molecular weight is 302 g/mol. The van der Waals surface area contributed by atoms with E-state index in [9.17, 15) is 0 Å². The summed E-state index contributed by atoms with van der Waals surface area (Å²) in [5.74, 6) is 1.37. The van der Waals surface area contributed by atoms with Gasteiger partial charge in [0.15, 0.2) is 5.82 Å². The van der Waals surface area contributed by atoms with Gasteiger partial charge in [-0.2, -0.15) is 5.26 Å². The summed E-state index contributed by atoms with van der Waals surface area (Å²) in [7, 11) is 0. The zero-order valence-electron chi connectivity index (χ0n) is 12.6. The van der Waals surface area contributed by atoms with E-state index in [2.05, 4.69) is 32.2 Å². The number of nitrogens with one attached hydrogen (secondary N) is 1. The van der Waals surface area contributed by atoms with Gasteiger partial charge < -0.3 is 5.32 Å². The van der Waals surface area contributed by atoms with Crippen molar-refractivity contribution in [2.45, 2.75) is 25.3 Å². The van der Waals surface area contributed by atoms with Gasteiger partial charge in [0.1, 0.15) is 17.6 Å². The molecule has 23 heavy (non-hydrogen) atoms. The molecule has 3 aromatic rings. The van der Waals surface area contributed by atoms with Gasteiger partial charge in [-0.3, -0.25) is 4.98 Å². The molecule has 112 valence electrons. The minimum absolute atomic E-state index is 0.109. The second-order valence-electron chi connectivity index (χ2n) is 6.02. The van der Waals surface area contributed by atoms with Gasteiger partial charge in [-0.25, -0.2) is 15.0 Å². The third kappa shape index (κ3) is 2.57. The Labute approximate surface area is 133 Å². The van der Waals surface area contributed by atoms with Gasteiger partial charge in [-0.15, -0.1) is 0 Å². The number of nitriles is 1. The lowest BCUT2D eigenvalue weighted by molar-refractivity contribution is 0.823. The van der Waals surface area contributed by atoms with Crippen LogP contribution in [-0.2, 0) is 0 Å². The molecular formula is C17H14N6. The summed E-state index contributed by atoms with van der Waals surface area (Å²) in [6.45, 7) is 2.18. The summed E-state index contributed by atoms with van der Waals surface area (Å²) >= 11 is 0. The fourth-order valence-corrected chi connectivity index (χ4v) is 2.43. The van der Waals surface area contributed by atoms with E-state index in [4.69, 9.17) is 5.26 Å². The highest BCUT2D eigenvalue weighted by molar-refractivity contribution is 5.90. The number of rotatable bonds is 3. The number of hydrogen-bond donors (Lipinski definition) is 1. The van der Waals surface area contributed by atoms with E-state index in [1.165, 1.54) is 0 Å². The van der Waals surface area contributed by atoms with Crippen molar-refractivity contribution in [2.75, 3.05) is 5.32 Å². The quantitative estimate of drug-likeness (QED) is 0.800. The van der Waals surface area contributed by atoms with Gasteiger partial charge in [-0.1, -0.05) is 0 Å². The van der Waals surface area contributed by atoms with Crippen molar-refractivity contribution in [1.29, 1.82) is 5.26 Å². The summed E-state index contributed by atoms with van der Waals surface area (Å²) < 4.78 is 0. The van der Waals surface area contributed by atoms with Crippen molar-refractivity contribution in [3.8, 4) is 17.5 Å². The van der Waals surface area contributed by atoms with Crippen LogP contribution in [0.25, 0.3) is 22.3 Å². The van der Waals surface area contributed by atoms with Gasteiger partial charge in [0, 0.05) is 28.9 Å². The predicted molar refractivity (Wildman–Crippen MR) is 86.5 cm³/mol. The fraction of sp³-hybridized carbons (Fsp3) is 0.235. The molecule has 4 rings (SSSR count). The summed E-state index contributed by atoms with van der Waals surface area (Å²) in [6.07, 6.45) is 7.33. The predicted octanol–water partition coefficient (Wildman–Crippen LogP) is 2.92. The highest BCUT2D eigenvalue weighted by Crippen LogP contribution is 2.39. The van der Waals surface area contributed by atoms with E-state index in [1.54, 1.807) is 30.7 Å². The number of anilines is 1. The molecule has 0 unspecified atom stereocenters. The molecule has 3 aromatic heterocycles. The summed E-state index contributed by atoms with van der Waals surface area (Å²) in [5.41, 5.74) is 2.00. The molecule has 1 N–H and O–H groups in total. The first-order valence-corrected chi connectivity index (χ1v) is 7.43. The van der Waals surface area contributed by atoms with Gasteiger partial charge >= 0.3 is 0 Å². The van der Waals surface area contributed by atoms with E-state index < -0.39 is 0 Å².